The first-order valence-corrected chi connectivity index (χ1v) is 10.9. The summed E-state index contributed by atoms with van der Waals surface area (Å²) < 4.78 is 25.2. The maximum Gasteiger partial charge on any atom is 0.137 e. The third-order valence-corrected chi connectivity index (χ3v) is 6.20. The zero-order valence-corrected chi connectivity index (χ0v) is 18.5. The van der Waals surface area contributed by atoms with Crippen molar-refractivity contribution in [2.75, 3.05) is 14.2 Å². The maximum absolute atomic E-state index is 14.1. The van der Waals surface area contributed by atoms with Gasteiger partial charge in [0.05, 0.1) is 25.8 Å². The number of nitrogens with zero attached hydrogens (tertiary/aromatic N) is 1. The summed E-state index contributed by atoms with van der Waals surface area (Å²) in [4.78, 5) is 14.2. The fourth-order valence-electron chi connectivity index (χ4n) is 4.69. The monoisotopic (exact) mass is 433 g/mol. The second-order valence-corrected chi connectivity index (χ2v) is 8.11. The van der Waals surface area contributed by atoms with Crippen molar-refractivity contribution in [2.24, 2.45) is 0 Å². The predicted octanol–water partition coefficient (Wildman–Crippen LogP) is 5.80. The van der Waals surface area contributed by atoms with Crippen LogP contribution in [-0.4, -0.2) is 31.4 Å². The van der Waals surface area contributed by atoms with Crippen LogP contribution in [0.25, 0.3) is 11.1 Å². The number of carbonyl (C=O) groups is 1. The van der Waals surface area contributed by atoms with Crippen molar-refractivity contribution in [3.63, 3.8) is 0 Å². The van der Waals surface area contributed by atoms with Crippen molar-refractivity contribution in [1.82, 2.24) is 4.90 Å². The smallest absolute Gasteiger partial charge is 0.137 e. The van der Waals surface area contributed by atoms with Crippen LogP contribution in [0.5, 0.6) is 11.5 Å². The Balaban J connectivity index is 1.72. The van der Waals surface area contributed by atoms with Gasteiger partial charge in [-0.25, -0.2) is 4.39 Å². The van der Waals surface area contributed by atoms with Gasteiger partial charge in [-0.1, -0.05) is 48.5 Å². The Morgan fingerprint density at radius 3 is 2.28 bits per heavy atom. The standard InChI is InChI=1S/C27H28FNO3/c1-31-25-15-22(28)16-26(32-2)27(25)24-13-7-12-23(18-30)29(24)17-19-8-6-11-21(14-19)20-9-4-3-5-10-20/h3-6,8-11,14-16,18,23-24H,7,12-13,17H2,1-2H3. The van der Waals surface area contributed by atoms with Gasteiger partial charge in [-0.15, -0.1) is 0 Å². The molecule has 3 aromatic carbocycles. The first-order chi connectivity index (χ1) is 15.6. The SMILES string of the molecule is COc1cc(F)cc(OC)c1C1CCCC(C=O)N1Cc1cccc(-c2ccccc2)c1. The Morgan fingerprint density at radius 1 is 0.938 bits per heavy atom. The third-order valence-electron chi connectivity index (χ3n) is 6.20. The lowest BCUT2D eigenvalue weighted by Crippen LogP contribution is -2.42. The molecule has 166 valence electrons. The number of rotatable bonds is 7. The highest BCUT2D eigenvalue weighted by Gasteiger charge is 2.35. The Hall–Kier alpha value is -3.18. The van der Waals surface area contributed by atoms with E-state index in [2.05, 4.69) is 35.2 Å². The molecule has 0 saturated carbocycles. The summed E-state index contributed by atoms with van der Waals surface area (Å²) >= 11 is 0. The average Bonchev–Trinajstić information content (AvgIpc) is 2.84. The number of carbonyl (C=O) groups excluding carboxylic acids is 1. The quantitative estimate of drug-likeness (QED) is 0.441. The summed E-state index contributed by atoms with van der Waals surface area (Å²) in [5.74, 6) is 0.482. The van der Waals surface area contributed by atoms with E-state index in [0.717, 1.165) is 47.8 Å². The van der Waals surface area contributed by atoms with Crippen LogP contribution in [0.3, 0.4) is 0 Å². The van der Waals surface area contributed by atoms with Crippen LogP contribution in [0.1, 0.15) is 36.4 Å². The Morgan fingerprint density at radius 2 is 1.62 bits per heavy atom. The second kappa shape index (κ2) is 9.96. The van der Waals surface area contributed by atoms with E-state index in [4.69, 9.17) is 9.47 Å². The van der Waals surface area contributed by atoms with Crippen molar-refractivity contribution >= 4 is 6.29 Å². The number of benzene rings is 3. The van der Waals surface area contributed by atoms with Gasteiger partial charge >= 0.3 is 0 Å². The van der Waals surface area contributed by atoms with E-state index in [1.807, 2.05) is 24.3 Å². The van der Waals surface area contributed by atoms with Crippen LogP contribution in [0, 0.1) is 5.82 Å². The fraction of sp³-hybridized carbons (Fsp3) is 0.296. The molecule has 5 heteroatoms. The van der Waals surface area contributed by atoms with Crippen LogP contribution in [-0.2, 0) is 11.3 Å². The Kier molecular flexibility index (Phi) is 6.86. The van der Waals surface area contributed by atoms with E-state index in [9.17, 15) is 9.18 Å². The van der Waals surface area contributed by atoms with E-state index in [-0.39, 0.29) is 12.1 Å². The average molecular weight is 434 g/mol. The zero-order valence-electron chi connectivity index (χ0n) is 18.5. The number of aldehydes is 1. The molecule has 2 atom stereocenters. The van der Waals surface area contributed by atoms with Gasteiger partial charge in [0.25, 0.3) is 0 Å². The van der Waals surface area contributed by atoms with Crippen molar-refractivity contribution in [3.05, 3.63) is 83.7 Å². The minimum absolute atomic E-state index is 0.121. The minimum Gasteiger partial charge on any atom is -0.496 e. The maximum atomic E-state index is 14.1. The van der Waals surface area contributed by atoms with Crippen LogP contribution < -0.4 is 9.47 Å². The van der Waals surface area contributed by atoms with Gasteiger partial charge in [0.15, 0.2) is 0 Å². The number of likely N-dealkylation sites (tertiary alicyclic amines) is 1. The number of piperidine rings is 1. The normalized spacial score (nSPS) is 18.8. The van der Waals surface area contributed by atoms with Crippen molar-refractivity contribution in [3.8, 4) is 22.6 Å². The molecular weight excluding hydrogens is 405 g/mol. The number of ether oxygens (including phenoxy) is 2. The molecule has 0 radical (unpaired) electrons. The minimum atomic E-state index is -0.410. The summed E-state index contributed by atoms with van der Waals surface area (Å²) in [7, 11) is 3.07. The van der Waals surface area contributed by atoms with E-state index in [1.54, 1.807) is 0 Å². The molecule has 4 nitrogen and oxygen atoms in total. The largest absolute Gasteiger partial charge is 0.496 e. The second-order valence-electron chi connectivity index (χ2n) is 8.11. The molecule has 0 aromatic heterocycles. The molecule has 0 bridgehead atoms. The third kappa shape index (κ3) is 4.53. The van der Waals surface area contributed by atoms with E-state index >= 15 is 0 Å². The van der Waals surface area contributed by atoms with Crippen molar-refractivity contribution in [1.29, 1.82) is 0 Å². The molecule has 1 heterocycles. The van der Waals surface area contributed by atoms with Gasteiger partial charge in [0, 0.05) is 24.7 Å². The Bertz CT molecular complexity index is 1040. The van der Waals surface area contributed by atoms with Crippen LogP contribution in [0.15, 0.2) is 66.7 Å². The molecule has 1 fully saturated rings. The molecule has 2 unspecified atom stereocenters. The highest BCUT2D eigenvalue weighted by molar-refractivity contribution is 5.64. The van der Waals surface area contributed by atoms with Gasteiger partial charge in [0.1, 0.15) is 23.6 Å². The first kappa shape index (κ1) is 22.0. The predicted molar refractivity (Wildman–Crippen MR) is 123 cm³/mol. The molecule has 0 aliphatic carbocycles. The van der Waals surface area contributed by atoms with Gasteiger partial charge in [0.2, 0.25) is 0 Å². The number of hydrogen-bond donors (Lipinski definition) is 0. The summed E-state index contributed by atoms with van der Waals surface area (Å²) in [6, 6.07) is 21.0. The topological polar surface area (TPSA) is 38.8 Å². The zero-order chi connectivity index (χ0) is 22.5. The molecule has 32 heavy (non-hydrogen) atoms. The number of methoxy groups -OCH3 is 2. The molecule has 4 rings (SSSR count). The van der Waals surface area contributed by atoms with E-state index < -0.39 is 5.82 Å². The summed E-state index contributed by atoms with van der Waals surface area (Å²) in [5, 5.41) is 0. The lowest BCUT2D eigenvalue weighted by Gasteiger charge is -2.41. The molecule has 1 aliphatic rings. The number of hydrogen-bond acceptors (Lipinski definition) is 4. The lowest BCUT2D eigenvalue weighted by atomic mass is 9.89. The molecule has 1 aliphatic heterocycles. The van der Waals surface area contributed by atoms with Crippen LogP contribution >= 0.6 is 0 Å². The molecule has 0 spiro atoms. The van der Waals surface area contributed by atoms with Gasteiger partial charge in [-0.05, 0) is 42.0 Å². The summed E-state index contributed by atoms with van der Waals surface area (Å²) in [6.07, 6.45) is 3.55. The molecule has 1 saturated heterocycles. The van der Waals surface area contributed by atoms with Crippen LogP contribution in [0.4, 0.5) is 4.39 Å². The van der Waals surface area contributed by atoms with Crippen molar-refractivity contribution in [2.45, 2.75) is 37.9 Å². The summed E-state index contributed by atoms with van der Waals surface area (Å²) in [5.41, 5.74) is 4.20. The number of halogens is 1. The van der Waals surface area contributed by atoms with Crippen LogP contribution in [0.2, 0.25) is 0 Å². The highest BCUT2D eigenvalue weighted by Crippen LogP contribution is 2.44. The fourth-order valence-corrected chi connectivity index (χ4v) is 4.69. The van der Waals surface area contributed by atoms with Gasteiger partial charge in [-0.3, -0.25) is 4.90 Å². The van der Waals surface area contributed by atoms with Gasteiger partial charge in [-0.2, -0.15) is 0 Å². The first-order valence-electron chi connectivity index (χ1n) is 10.9. The molecular formula is C27H28FNO3. The van der Waals surface area contributed by atoms with E-state index in [1.165, 1.54) is 26.4 Å². The Labute approximate surface area is 188 Å². The van der Waals surface area contributed by atoms with E-state index in [0.29, 0.717) is 18.0 Å². The molecule has 0 amide bonds. The van der Waals surface area contributed by atoms with Gasteiger partial charge < -0.3 is 14.3 Å². The summed E-state index contributed by atoms with van der Waals surface area (Å²) in [6.45, 7) is 0.596. The molecule has 0 N–H and O–H groups in total. The lowest BCUT2D eigenvalue weighted by molar-refractivity contribution is -0.115. The highest BCUT2D eigenvalue weighted by atomic mass is 19.1. The van der Waals surface area contributed by atoms with Crippen molar-refractivity contribution < 1.29 is 18.7 Å². The molecule has 3 aromatic rings.